The Kier molecular flexibility index (Phi) is 37.5. The molecule has 2 atom stereocenters. The number of carbonyl (C=O) groups excluding carboxylic acids is 2. The third kappa shape index (κ3) is 37.8. The highest BCUT2D eigenvalue weighted by molar-refractivity contribution is 5.72. The van der Waals surface area contributed by atoms with Gasteiger partial charge in [0.2, 0.25) is 0 Å². The van der Waals surface area contributed by atoms with Gasteiger partial charge in [0.15, 0.2) is 12.1 Å². The van der Waals surface area contributed by atoms with Gasteiger partial charge >= 0.3 is 17.9 Å². The molecule has 0 aliphatic carbocycles. The molecule has 0 saturated heterocycles. The molecule has 8 heteroatoms. The normalized spacial score (nSPS) is 13.9. The molecule has 0 heterocycles. The smallest absolute Gasteiger partial charge is 0.362 e. The lowest BCUT2D eigenvalue weighted by atomic mass is 10.1. The van der Waals surface area contributed by atoms with E-state index in [9.17, 15) is 19.5 Å². The molecule has 0 bridgehead atoms. The van der Waals surface area contributed by atoms with E-state index in [2.05, 4.69) is 105 Å². The van der Waals surface area contributed by atoms with Crippen molar-refractivity contribution < 1.29 is 38.2 Å². The summed E-state index contributed by atoms with van der Waals surface area (Å²) < 4.78 is 17.1. The summed E-state index contributed by atoms with van der Waals surface area (Å²) in [4.78, 5) is 36.9. The lowest BCUT2D eigenvalue weighted by molar-refractivity contribution is -0.887. The van der Waals surface area contributed by atoms with Crippen molar-refractivity contribution in [2.24, 2.45) is 0 Å². The summed E-state index contributed by atoms with van der Waals surface area (Å²) in [6.45, 7) is 4.48. The van der Waals surface area contributed by atoms with Crippen LogP contribution in [-0.2, 0) is 28.6 Å². The van der Waals surface area contributed by atoms with Crippen LogP contribution in [0.5, 0.6) is 0 Å². The molecule has 0 radical (unpaired) electrons. The number of carbonyl (C=O) groups is 3. The minimum absolute atomic E-state index is 0.0199. The molecule has 0 aromatic rings. The lowest BCUT2D eigenvalue weighted by Crippen LogP contribution is -2.50. The zero-order valence-electron chi connectivity index (χ0n) is 37.2. The minimum atomic E-state index is -0.893. The Hall–Kier alpha value is -3.75. The van der Waals surface area contributed by atoms with Crippen LogP contribution in [0, 0.1) is 0 Å². The SMILES string of the molecule is CC/C=C/C/C=C/C/C=C/C/C=C/C/C=C/C/C=C/CCCCC(=O)OC(COCCC(C(=O)O)[N+](C)(C)C)COC(=O)CC/C=C/C/C=C/CCCCCCCC. The molecule has 328 valence electrons. The molecule has 58 heavy (non-hydrogen) atoms. The maximum absolute atomic E-state index is 12.7. The van der Waals surface area contributed by atoms with E-state index < -0.39 is 18.1 Å². The fourth-order valence-electron chi connectivity index (χ4n) is 5.79. The average Bonchev–Trinajstić information content (AvgIpc) is 3.18. The second-order valence-electron chi connectivity index (χ2n) is 15.6. The van der Waals surface area contributed by atoms with Crippen LogP contribution in [0.25, 0.3) is 0 Å². The zero-order chi connectivity index (χ0) is 42.8. The molecule has 1 N–H and O–H groups in total. The quantitative estimate of drug-likeness (QED) is 0.0287. The van der Waals surface area contributed by atoms with Crippen LogP contribution in [-0.4, -0.2) is 80.6 Å². The van der Waals surface area contributed by atoms with Gasteiger partial charge in [-0.15, -0.1) is 0 Å². The zero-order valence-corrected chi connectivity index (χ0v) is 37.2. The first-order valence-corrected chi connectivity index (χ1v) is 22.3. The summed E-state index contributed by atoms with van der Waals surface area (Å²) in [7, 11) is 5.48. The van der Waals surface area contributed by atoms with Gasteiger partial charge in [0.05, 0.1) is 34.4 Å². The number of rotatable bonds is 38. The second kappa shape index (κ2) is 40.0. The summed E-state index contributed by atoms with van der Waals surface area (Å²) >= 11 is 0. The van der Waals surface area contributed by atoms with Crippen LogP contribution in [0.15, 0.2) is 97.2 Å². The first-order chi connectivity index (χ1) is 28.1. The highest BCUT2D eigenvalue weighted by Crippen LogP contribution is 2.11. The van der Waals surface area contributed by atoms with Crippen molar-refractivity contribution in [2.45, 2.75) is 161 Å². The molecule has 0 aliphatic rings. The molecular formula is C50H82NO7+. The number of esters is 2. The lowest BCUT2D eigenvalue weighted by Gasteiger charge is -2.31. The minimum Gasteiger partial charge on any atom is -0.477 e. The van der Waals surface area contributed by atoms with E-state index in [0.717, 1.165) is 64.2 Å². The molecule has 8 nitrogen and oxygen atoms in total. The number of hydrogen-bond acceptors (Lipinski definition) is 6. The number of hydrogen-bond donors (Lipinski definition) is 1. The summed E-state index contributed by atoms with van der Waals surface area (Å²) in [6.07, 6.45) is 53.3. The van der Waals surface area contributed by atoms with Gasteiger partial charge in [0.1, 0.15) is 6.61 Å². The second-order valence-corrected chi connectivity index (χ2v) is 15.6. The molecule has 0 aromatic carbocycles. The average molecular weight is 809 g/mol. The maximum atomic E-state index is 12.7. The summed E-state index contributed by atoms with van der Waals surface area (Å²) in [5.41, 5.74) is 0. The van der Waals surface area contributed by atoms with Gasteiger partial charge in [-0.05, 0) is 83.5 Å². The van der Waals surface area contributed by atoms with E-state index in [-0.39, 0.29) is 49.1 Å². The third-order valence-electron chi connectivity index (χ3n) is 9.23. The number of likely N-dealkylation sites (N-methyl/N-ethyl adjacent to an activating group) is 1. The van der Waals surface area contributed by atoms with Gasteiger partial charge < -0.3 is 23.8 Å². The molecule has 0 spiro atoms. The van der Waals surface area contributed by atoms with E-state index in [4.69, 9.17) is 14.2 Å². The summed E-state index contributed by atoms with van der Waals surface area (Å²) in [5, 5.41) is 9.62. The fourth-order valence-corrected chi connectivity index (χ4v) is 5.79. The van der Waals surface area contributed by atoms with E-state index in [0.29, 0.717) is 19.3 Å². The van der Waals surface area contributed by atoms with Crippen molar-refractivity contribution >= 4 is 17.9 Å². The molecule has 0 rings (SSSR count). The first-order valence-electron chi connectivity index (χ1n) is 22.3. The number of carboxylic acid groups (broad SMARTS) is 1. The largest absolute Gasteiger partial charge is 0.477 e. The van der Waals surface area contributed by atoms with Crippen molar-refractivity contribution in [2.75, 3.05) is 41.0 Å². The van der Waals surface area contributed by atoms with Crippen LogP contribution in [0.1, 0.15) is 149 Å². The predicted octanol–water partition coefficient (Wildman–Crippen LogP) is 12.3. The van der Waals surface area contributed by atoms with Crippen molar-refractivity contribution in [3.8, 4) is 0 Å². The number of aliphatic carboxylic acids is 1. The number of allylic oxidation sites excluding steroid dienone is 16. The van der Waals surface area contributed by atoms with Crippen molar-refractivity contribution in [1.82, 2.24) is 0 Å². The molecule has 2 unspecified atom stereocenters. The van der Waals surface area contributed by atoms with Gasteiger partial charge in [-0.3, -0.25) is 9.59 Å². The van der Waals surface area contributed by atoms with Gasteiger partial charge in [-0.1, -0.05) is 143 Å². The van der Waals surface area contributed by atoms with Gasteiger partial charge in [-0.25, -0.2) is 4.79 Å². The van der Waals surface area contributed by atoms with Gasteiger partial charge in [0.25, 0.3) is 0 Å². The Labute approximate surface area is 354 Å². The van der Waals surface area contributed by atoms with Crippen LogP contribution in [0.4, 0.5) is 0 Å². The number of ether oxygens (including phenoxy) is 3. The summed E-state index contributed by atoms with van der Waals surface area (Å²) in [6, 6.07) is -0.635. The van der Waals surface area contributed by atoms with Crippen LogP contribution >= 0.6 is 0 Å². The number of quaternary nitrogens is 1. The number of carboxylic acids is 1. The summed E-state index contributed by atoms with van der Waals surface area (Å²) in [5.74, 6) is -1.62. The topological polar surface area (TPSA) is 99.1 Å². The van der Waals surface area contributed by atoms with Gasteiger partial charge in [0, 0.05) is 19.3 Å². The van der Waals surface area contributed by atoms with Crippen LogP contribution in [0.2, 0.25) is 0 Å². The Balaban J connectivity index is 4.51. The molecule has 0 fully saturated rings. The maximum Gasteiger partial charge on any atom is 0.362 e. The molecule has 0 aliphatic heterocycles. The molecular weight excluding hydrogens is 727 g/mol. The van der Waals surface area contributed by atoms with Crippen molar-refractivity contribution in [3.05, 3.63) is 97.2 Å². The van der Waals surface area contributed by atoms with Crippen molar-refractivity contribution in [1.29, 1.82) is 0 Å². The molecule has 0 amide bonds. The predicted molar refractivity (Wildman–Crippen MR) is 243 cm³/mol. The first kappa shape index (κ1) is 54.2. The van der Waals surface area contributed by atoms with E-state index in [1.807, 2.05) is 27.2 Å². The van der Waals surface area contributed by atoms with Crippen LogP contribution in [0.3, 0.4) is 0 Å². The van der Waals surface area contributed by atoms with E-state index in [1.165, 1.54) is 38.5 Å². The molecule has 0 aromatic heterocycles. The molecule has 0 saturated carbocycles. The number of unbranched alkanes of at least 4 members (excludes halogenated alkanes) is 8. The van der Waals surface area contributed by atoms with E-state index >= 15 is 0 Å². The number of nitrogens with zero attached hydrogens (tertiary/aromatic N) is 1. The Morgan fingerprint density at radius 2 is 1.00 bits per heavy atom. The fraction of sp³-hybridized carbons (Fsp3) is 0.620. The third-order valence-corrected chi connectivity index (χ3v) is 9.23. The van der Waals surface area contributed by atoms with Crippen LogP contribution < -0.4 is 0 Å². The Bertz CT molecular complexity index is 1260. The monoisotopic (exact) mass is 809 g/mol. The highest BCUT2D eigenvalue weighted by Gasteiger charge is 2.31. The Morgan fingerprint density at radius 3 is 1.50 bits per heavy atom. The van der Waals surface area contributed by atoms with Crippen molar-refractivity contribution in [3.63, 3.8) is 0 Å². The van der Waals surface area contributed by atoms with Gasteiger partial charge in [-0.2, -0.15) is 0 Å². The standard InChI is InChI=1S/C50H81NO7/c1-6-8-10-12-14-16-18-20-21-22-23-24-25-26-27-29-31-33-35-37-39-41-49(53)58-46(44-56-43-42-47(50(54)55)51(3,4)5)45-57-48(52)40-38-36-34-32-30-28-19-17-15-13-11-9-7-2/h8,10,14,16,20-21,23-24,26-28,30-31,33-34,36,46-47H,6-7,9,11-13,15,17-19,22,25,29,32,35,37-45H2,1-5H3/p+1/b10-8+,16-14+,21-20+,24-23+,27-26+,30-28+,33-31+,36-34+. The van der Waals surface area contributed by atoms with E-state index in [1.54, 1.807) is 0 Å². The Morgan fingerprint density at radius 1 is 0.534 bits per heavy atom. The highest BCUT2D eigenvalue weighted by atomic mass is 16.6.